The lowest BCUT2D eigenvalue weighted by molar-refractivity contribution is 0.442. The molecule has 0 radical (unpaired) electrons. The first kappa shape index (κ1) is 11.5. The molecule has 78 valence electrons. The van der Waals surface area contributed by atoms with Crippen molar-refractivity contribution in [2.75, 3.05) is 0 Å². The van der Waals surface area contributed by atoms with Gasteiger partial charge in [0.05, 0.1) is 4.47 Å². The fourth-order valence-corrected chi connectivity index (χ4v) is 1.85. The smallest absolute Gasteiger partial charge is 0.134 e. The summed E-state index contributed by atoms with van der Waals surface area (Å²) < 4.78 is 0.703. The minimum absolute atomic E-state index is 0.0903. The van der Waals surface area contributed by atoms with E-state index in [2.05, 4.69) is 29.8 Å². The summed E-state index contributed by atoms with van der Waals surface area (Å²) in [7, 11) is 0. The fraction of sp³-hybridized carbons (Fsp3) is 0.455. The van der Waals surface area contributed by atoms with Gasteiger partial charge < -0.3 is 10.8 Å². The van der Waals surface area contributed by atoms with Crippen LogP contribution < -0.4 is 5.73 Å². The summed E-state index contributed by atoms with van der Waals surface area (Å²) in [6.07, 6.45) is 0.879. The molecule has 0 fully saturated rings. The van der Waals surface area contributed by atoms with E-state index in [4.69, 9.17) is 5.73 Å². The van der Waals surface area contributed by atoms with Gasteiger partial charge in [0.25, 0.3) is 0 Å². The monoisotopic (exact) mass is 257 g/mol. The highest BCUT2D eigenvalue weighted by Crippen LogP contribution is 2.32. The standard InChI is InChI=1S/C11H16BrNO/c1-7(2)6-10(13)8-4-3-5-9(12)11(8)14/h3-5,7,10,14H,6,13H2,1-2H3/t10-/m0/s1. The van der Waals surface area contributed by atoms with Gasteiger partial charge in [-0.1, -0.05) is 26.0 Å². The van der Waals surface area contributed by atoms with Crippen LogP contribution in [-0.2, 0) is 0 Å². The van der Waals surface area contributed by atoms with Crippen LogP contribution in [0.2, 0.25) is 0 Å². The van der Waals surface area contributed by atoms with Crippen molar-refractivity contribution in [3.8, 4) is 5.75 Å². The largest absolute Gasteiger partial charge is 0.506 e. The number of phenolic OH excluding ortho intramolecular Hbond substituents is 1. The van der Waals surface area contributed by atoms with Crippen molar-refractivity contribution in [2.45, 2.75) is 26.3 Å². The molecule has 1 aromatic rings. The van der Waals surface area contributed by atoms with Crippen LogP contribution in [-0.4, -0.2) is 5.11 Å². The van der Waals surface area contributed by atoms with E-state index in [1.807, 2.05) is 12.1 Å². The Morgan fingerprint density at radius 3 is 2.64 bits per heavy atom. The zero-order chi connectivity index (χ0) is 10.7. The number of benzene rings is 1. The van der Waals surface area contributed by atoms with Gasteiger partial charge in [0.15, 0.2) is 0 Å². The molecule has 3 heteroatoms. The molecular formula is C11H16BrNO. The lowest BCUT2D eigenvalue weighted by atomic mass is 9.97. The van der Waals surface area contributed by atoms with E-state index in [9.17, 15) is 5.11 Å². The van der Waals surface area contributed by atoms with Crippen molar-refractivity contribution < 1.29 is 5.11 Å². The van der Waals surface area contributed by atoms with Crippen molar-refractivity contribution in [3.63, 3.8) is 0 Å². The lowest BCUT2D eigenvalue weighted by Gasteiger charge is -2.16. The molecule has 0 aliphatic rings. The quantitative estimate of drug-likeness (QED) is 0.874. The predicted molar refractivity (Wildman–Crippen MR) is 62.2 cm³/mol. The molecule has 0 heterocycles. The number of hydrogen-bond donors (Lipinski definition) is 2. The molecule has 0 aromatic heterocycles. The summed E-state index contributed by atoms with van der Waals surface area (Å²) in [6, 6.07) is 5.47. The van der Waals surface area contributed by atoms with Gasteiger partial charge in [-0.15, -0.1) is 0 Å². The Morgan fingerprint density at radius 1 is 1.43 bits per heavy atom. The summed E-state index contributed by atoms with van der Waals surface area (Å²) >= 11 is 3.28. The molecule has 0 bridgehead atoms. The van der Waals surface area contributed by atoms with E-state index in [0.717, 1.165) is 12.0 Å². The van der Waals surface area contributed by atoms with Crippen molar-refractivity contribution in [1.82, 2.24) is 0 Å². The molecule has 0 amide bonds. The number of hydrogen-bond acceptors (Lipinski definition) is 2. The number of nitrogens with two attached hydrogens (primary N) is 1. The Morgan fingerprint density at radius 2 is 2.07 bits per heavy atom. The highest BCUT2D eigenvalue weighted by molar-refractivity contribution is 9.10. The summed E-state index contributed by atoms with van der Waals surface area (Å²) in [6.45, 7) is 4.24. The minimum atomic E-state index is -0.0903. The first-order valence-electron chi connectivity index (χ1n) is 4.75. The van der Waals surface area contributed by atoms with E-state index >= 15 is 0 Å². The third kappa shape index (κ3) is 2.72. The molecule has 0 saturated heterocycles. The zero-order valence-corrected chi connectivity index (χ0v) is 10.1. The van der Waals surface area contributed by atoms with Crippen LogP contribution in [0.4, 0.5) is 0 Å². The highest BCUT2D eigenvalue weighted by Gasteiger charge is 2.13. The molecule has 2 nitrogen and oxygen atoms in total. The Balaban J connectivity index is 2.89. The van der Waals surface area contributed by atoms with Gasteiger partial charge in [0, 0.05) is 11.6 Å². The molecule has 0 spiro atoms. The normalized spacial score (nSPS) is 13.2. The van der Waals surface area contributed by atoms with Crippen molar-refractivity contribution in [2.24, 2.45) is 11.7 Å². The molecule has 0 aliphatic heterocycles. The van der Waals surface area contributed by atoms with E-state index in [-0.39, 0.29) is 11.8 Å². The van der Waals surface area contributed by atoms with Crippen LogP contribution in [0.25, 0.3) is 0 Å². The number of aromatic hydroxyl groups is 1. The Kier molecular flexibility index (Phi) is 3.96. The third-order valence-corrected chi connectivity index (χ3v) is 2.78. The molecule has 0 unspecified atom stereocenters. The van der Waals surface area contributed by atoms with E-state index < -0.39 is 0 Å². The average Bonchev–Trinajstić information content (AvgIpc) is 2.08. The Hall–Kier alpha value is -0.540. The van der Waals surface area contributed by atoms with Crippen LogP contribution >= 0.6 is 15.9 Å². The molecule has 14 heavy (non-hydrogen) atoms. The first-order valence-corrected chi connectivity index (χ1v) is 5.54. The number of halogens is 1. The maximum atomic E-state index is 9.75. The average molecular weight is 258 g/mol. The molecule has 1 atom stereocenters. The van der Waals surface area contributed by atoms with E-state index in [1.165, 1.54) is 0 Å². The number of para-hydroxylation sites is 1. The van der Waals surface area contributed by atoms with Crippen LogP contribution in [0, 0.1) is 5.92 Å². The van der Waals surface area contributed by atoms with Crippen molar-refractivity contribution >= 4 is 15.9 Å². The molecule has 0 aliphatic carbocycles. The molecule has 3 N–H and O–H groups in total. The van der Waals surface area contributed by atoms with E-state index in [1.54, 1.807) is 6.07 Å². The van der Waals surface area contributed by atoms with Gasteiger partial charge in [-0.25, -0.2) is 0 Å². The van der Waals surface area contributed by atoms with Gasteiger partial charge in [0.2, 0.25) is 0 Å². The number of phenols is 1. The minimum Gasteiger partial charge on any atom is -0.506 e. The summed E-state index contributed by atoms with van der Waals surface area (Å²) in [5.41, 5.74) is 6.80. The molecule has 1 rings (SSSR count). The van der Waals surface area contributed by atoms with Gasteiger partial charge >= 0.3 is 0 Å². The number of rotatable bonds is 3. The fourth-order valence-electron chi connectivity index (χ4n) is 1.47. The zero-order valence-electron chi connectivity index (χ0n) is 8.50. The van der Waals surface area contributed by atoms with Gasteiger partial charge in [-0.3, -0.25) is 0 Å². The Labute approximate surface area is 93.3 Å². The van der Waals surface area contributed by atoms with Crippen molar-refractivity contribution in [1.29, 1.82) is 0 Å². The van der Waals surface area contributed by atoms with Gasteiger partial charge in [0.1, 0.15) is 5.75 Å². The SMILES string of the molecule is CC(C)C[C@H](N)c1cccc(Br)c1O. The second-order valence-corrected chi connectivity index (χ2v) is 4.77. The third-order valence-electron chi connectivity index (χ3n) is 2.14. The maximum Gasteiger partial charge on any atom is 0.134 e. The maximum absolute atomic E-state index is 9.75. The molecular weight excluding hydrogens is 242 g/mol. The second-order valence-electron chi connectivity index (χ2n) is 3.91. The highest BCUT2D eigenvalue weighted by atomic mass is 79.9. The van der Waals surface area contributed by atoms with Crippen LogP contribution in [0.15, 0.2) is 22.7 Å². The lowest BCUT2D eigenvalue weighted by Crippen LogP contribution is -2.13. The second kappa shape index (κ2) is 4.80. The topological polar surface area (TPSA) is 46.2 Å². The molecule has 0 saturated carbocycles. The van der Waals surface area contributed by atoms with Gasteiger partial charge in [-0.2, -0.15) is 0 Å². The summed E-state index contributed by atoms with van der Waals surface area (Å²) in [4.78, 5) is 0. The summed E-state index contributed by atoms with van der Waals surface area (Å²) in [5.74, 6) is 0.795. The van der Waals surface area contributed by atoms with Gasteiger partial charge in [-0.05, 0) is 34.3 Å². The van der Waals surface area contributed by atoms with Crippen LogP contribution in [0.5, 0.6) is 5.75 Å². The van der Waals surface area contributed by atoms with Crippen LogP contribution in [0.3, 0.4) is 0 Å². The van der Waals surface area contributed by atoms with Crippen LogP contribution in [0.1, 0.15) is 31.9 Å². The van der Waals surface area contributed by atoms with E-state index in [0.29, 0.717) is 10.4 Å². The summed E-state index contributed by atoms with van der Waals surface area (Å²) in [5, 5.41) is 9.75. The Bertz CT molecular complexity index is 312. The predicted octanol–water partition coefficient (Wildman–Crippen LogP) is 3.20. The van der Waals surface area contributed by atoms with Crippen molar-refractivity contribution in [3.05, 3.63) is 28.2 Å². The molecule has 1 aromatic carbocycles. The first-order chi connectivity index (χ1) is 6.52.